The Balaban J connectivity index is 2.38. The predicted octanol–water partition coefficient (Wildman–Crippen LogP) is 2.72. The Morgan fingerprint density at radius 2 is 1.94 bits per heavy atom. The molecular formula is C14H22N2O2. The second-order valence-electron chi connectivity index (χ2n) is 4.38. The summed E-state index contributed by atoms with van der Waals surface area (Å²) >= 11 is 0. The van der Waals surface area contributed by atoms with E-state index in [0.29, 0.717) is 23.6 Å². The van der Waals surface area contributed by atoms with Crippen LogP contribution in [-0.4, -0.2) is 12.5 Å². The van der Waals surface area contributed by atoms with Gasteiger partial charge in [-0.05, 0) is 24.6 Å². The van der Waals surface area contributed by atoms with E-state index in [1.807, 2.05) is 0 Å². The van der Waals surface area contributed by atoms with Crippen LogP contribution in [-0.2, 0) is 0 Å². The van der Waals surface area contributed by atoms with Gasteiger partial charge < -0.3 is 16.2 Å². The zero-order valence-electron chi connectivity index (χ0n) is 10.9. The van der Waals surface area contributed by atoms with Gasteiger partial charge in [-0.3, -0.25) is 4.79 Å². The van der Waals surface area contributed by atoms with Crippen LogP contribution in [0.3, 0.4) is 0 Å². The molecule has 4 N–H and O–H groups in total. The van der Waals surface area contributed by atoms with Crippen LogP contribution in [0.2, 0.25) is 0 Å². The average Bonchev–Trinajstić information content (AvgIpc) is 2.35. The van der Waals surface area contributed by atoms with Gasteiger partial charge >= 0.3 is 0 Å². The molecule has 0 saturated heterocycles. The molecule has 0 fully saturated rings. The van der Waals surface area contributed by atoms with Crippen molar-refractivity contribution in [1.29, 1.82) is 0 Å². The zero-order chi connectivity index (χ0) is 13.4. The maximum absolute atomic E-state index is 11.1. The summed E-state index contributed by atoms with van der Waals surface area (Å²) in [5.74, 6) is 0.120. The molecular weight excluding hydrogens is 228 g/mol. The normalized spacial score (nSPS) is 10.3. The van der Waals surface area contributed by atoms with Gasteiger partial charge in [-0.2, -0.15) is 0 Å². The number of anilines is 1. The Hall–Kier alpha value is -1.71. The lowest BCUT2D eigenvalue weighted by molar-refractivity contribution is 0.100. The fourth-order valence-corrected chi connectivity index (χ4v) is 1.73. The number of benzene rings is 1. The molecule has 4 nitrogen and oxygen atoms in total. The van der Waals surface area contributed by atoms with Gasteiger partial charge in [0.2, 0.25) is 0 Å². The van der Waals surface area contributed by atoms with Crippen molar-refractivity contribution in [3.63, 3.8) is 0 Å². The van der Waals surface area contributed by atoms with E-state index in [4.69, 9.17) is 16.2 Å². The van der Waals surface area contributed by atoms with Crippen LogP contribution in [0.1, 0.15) is 49.4 Å². The zero-order valence-corrected chi connectivity index (χ0v) is 10.9. The monoisotopic (exact) mass is 250 g/mol. The highest BCUT2D eigenvalue weighted by Crippen LogP contribution is 2.19. The number of ether oxygens (including phenoxy) is 1. The minimum Gasteiger partial charge on any atom is -0.494 e. The van der Waals surface area contributed by atoms with Crippen molar-refractivity contribution >= 4 is 11.6 Å². The molecule has 18 heavy (non-hydrogen) atoms. The van der Waals surface area contributed by atoms with Gasteiger partial charge in [0.1, 0.15) is 5.75 Å². The van der Waals surface area contributed by atoms with Crippen molar-refractivity contribution in [2.75, 3.05) is 12.3 Å². The molecule has 0 aliphatic carbocycles. The number of hydrogen-bond acceptors (Lipinski definition) is 3. The lowest BCUT2D eigenvalue weighted by Gasteiger charge is -2.08. The number of primary amides is 1. The highest BCUT2D eigenvalue weighted by molar-refractivity contribution is 5.98. The van der Waals surface area contributed by atoms with Crippen LogP contribution < -0.4 is 16.2 Å². The van der Waals surface area contributed by atoms with Crippen molar-refractivity contribution in [3.05, 3.63) is 23.8 Å². The molecule has 0 spiro atoms. The molecule has 1 amide bonds. The molecule has 1 rings (SSSR count). The van der Waals surface area contributed by atoms with Crippen LogP contribution in [0, 0.1) is 0 Å². The number of unbranched alkanes of at least 4 members (excludes halogenated alkanes) is 4. The van der Waals surface area contributed by atoms with E-state index < -0.39 is 5.91 Å². The smallest absolute Gasteiger partial charge is 0.250 e. The molecule has 4 heteroatoms. The first-order valence-electron chi connectivity index (χ1n) is 6.47. The van der Waals surface area contributed by atoms with E-state index in [9.17, 15) is 4.79 Å². The van der Waals surface area contributed by atoms with Gasteiger partial charge in [-0.15, -0.1) is 0 Å². The minimum absolute atomic E-state index is 0.318. The molecule has 0 unspecified atom stereocenters. The Bertz CT molecular complexity index is 391. The molecule has 0 saturated carbocycles. The lowest BCUT2D eigenvalue weighted by Crippen LogP contribution is -2.13. The molecule has 1 aromatic carbocycles. The number of amides is 1. The Labute approximate surface area is 108 Å². The van der Waals surface area contributed by atoms with Gasteiger partial charge in [-0.1, -0.05) is 32.6 Å². The average molecular weight is 250 g/mol. The van der Waals surface area contributed by atoms with Gasteiger partial charge in [0, 0.05) is 5.69 Å². The Morgan fingerprint density at radius 3 is 2.61 bits per heavy atom. The number of carbonyl (C=O) groups excluding carboxylic acids is 1. The van der Waals surface area contributed by atoms with Gasteiger partial charge in [0.15, 0.2) is 0 Å². The summed E-state index contributed by atoms with van der Waals surface area (Å²) in [6, 6.07) is 5.00. The predicted molar refractivity (Wildman–Crippen MR) is 73.6 cm³/mol. The largest absolute Gasteiger partial charge is 0.494 e. The third-order valence-electron chi connectivity index (χ3n) is 2.81. The maximum atomic E-state index is 11.1. The van der Waals surface area contributed by atoms with E-state index in [2.05, 4.69) is 6.92 Å². The second kappa shape index (κ2) is 7.58. The van der Waals surface area contributed by atoms with Gasteiger partial charge in [-0.25, -0.2) is 0 Å². The molecule has 0 aromatic heterocycles. The van der Waals surface area contributed by atoms with Crippen molar-refractivity contribution in [2.24, 2.45) is 5.73 Å². The summed E-state index contributed by atoms with van der Waals surface area (Å²) < 4.78 is 5.57. The van der Waals surface area contributed by atoms with Gasteiger partial charge in [0.05, 0.1) is 12.2 Å². The fraction of sp³-hybridized carbons (Fsp3) is 0.500. The van der Waals surface area contributed by atoms with Crippen molar-refractivity contribution in [1.82, 2.24) is 0 Å². The van der Waals surface area contributed by atoms with Crippen molar-refractivity contribution < 1.29 is 9.53 Å². The second-order valence-corrected chi connectivity index (χ2v) is 4.38. The topological polar surface area (TPSA) is 78.3 Å². The van der Waals surface area contributed by atoms with Crippen LogP contribution in [0.5, 0.6) is 5.75 Å². The van der Waals surface area contributed by atoms with E-state index in [-0.39, 0.29) is 0 Å². The summed E-state index contributed by atoms with van der Waals surface area (Å²) in [6.45, 7) is 2.85. The maximum Gasteiger partial charge on any atom is 0.250 e. The molecule has 0 radical (unpaired) electrons. The molecule has 1 aromatic rings. The first kappa shape index (κ1) is 14.4. The molecule has 0 aliphatic rings. The number of carbonyl (C=O) groups is 1. The number of nitrogen functional groups attached to an aromatic ring is 1. The summed E-state index contributed by atoms with van der Waals surface area (Å²) in [5.41, 5.74) is 11.6. The lowest BCUT2D eigenvalue weighted by atomic mass is 10.1. The fourth-order valence-electron chi connectivity index (χ4n) is 1.73. The van der Waals surface area contributed by atoms with Gasteiger partial charge in [0.25, 0.3) is 5.91 Å². The van der Waals surface area contributed by atoms with Crippen LogP contribution in [0.15, 0.2) is 18.2 Å². The SMILES string of the molecule is CCCCCCCOc1ccc(N)c(C(N)=O)c1. The summed E-state index contributed by atoms with van der Waals surface area (Å²) in [4.78, 5) is 11.1. The summed E-state index contributed by atoms with van der Waals surface area (Å²) in [7, 11) is 0. The number of hydrogen-bond donors (Lipinski definition) is 2. The number of nitrogens with two attached hydrogens (primary N) is 2. The van der Waals surface area contributed by atoms with E-state index >= 15 is 0 Å². The molecule has 0 aliphatic heterocycles. The molecule has 100 valence electrons. The van der Waals surface area contributed by atoms with E-state index in [1.165, 1.54) is 25.7 Å². The quantitative estimate of drug-likeness (QED) is 0.550. The highest BCUT2D eigenvalue weighted by atomic mass is 16.5. The first-order valence-corrected chi connectivity index (χ1v) is 6.47. The van der Waals surface area contributed by atoms with Crippen LogP contribution in [0.4, 0.5) is 5.69 Å². The number of rotatable bonds is 8. The summed E-state index contributed by atoms with van der Waals surface area (Å²) in [5, 5.41) is 0. The van der Waals surface area contributed by atoms with Crippen molar-refractivity contribution in [2.45, 2.75) is 39.0 Å². The third-order valence-corrected chi connectivity index (χ3v) is 2.81. The standard InChI is InChI=1S/C14H22N2O2/c1-2-3-4-5-6-9-18-11-7-8-13(15)12(10-11)14(16)17/h7-8,10H,2-6,9,15H2,1H3,(H2,16,17). The van der Waals surface area contributed by atoms with E-state index in [1.54, 1.807) is 18.2 Å². The van der Waals surface area contributed by atoms with E-state index in [0.717, 1.165) is 6.42 Å². The van der Waals surface area contributed by atoms with Crippen molar-refractivity contribution in [3.8, 4) is 5.75 Å². The third kappa shape index (κ3) is 4.65. The summed E-state index contributed by atoms with van der Waals surface area (Å²) in [6.07, 6.45) is 5.95. The Kier molecular flexibility index (Phi) is 6.05. The molecule has 0 atom stereocenters. The van der Waals surface area contributed by atoms with Crippen LogP contribution in [0.25, 0.3) is 0 Å². The molecule has 0 heterocycles. The Morgan fingerprint density at radius 1 is 1.22 bits per heavy atom. The molecule has 0 bridgehead atoms. The van der Waals surface area contributed by atoms with Crippen LogP contribution >= 0.6 is 0 Å². The minimum atomic E-state index is -0.527. The first-order chi connectivity index (χ1) is 8.65. The highest BCUT2D eigenvalue weighted by Gasteiger charge is 2.07.